The molecule has 0 spiro atoms. The van der Waals surface area contributed by atoms with Gasteiger partial charge in [-0.25, -0.2) is 0 Å². The first-order valence-corrected chi connectivity index (χ1v) is 7.58. The summed E-state index contributed by atoms with van der Waals surface area (Å²) >= 11 is 0. The SMILES string of the molecule is C=C(C)C1(C)Cc2ccccc2C(=O)N1c1ccc(C)cc1. The van der Waals surface area contributed by atoms with Gasteiger partial charge in [-0.05, 0) is 44.5 Å². The molecule has 2 nitrogen and oxygen atoms in total. The molecule has 3 rings (SSSR count). The van der Waals surface area contributed by atoms with Crippen molar-refractivity contribution in [3.63, 3.8) is 0 Å². The van der Waals surface area contributed by atoms with Gasteiger partial charge < -0.3 is 0 Å². The predicted octanol–water partition coefficient (Wildman–Crippen LogP) is 4.53. The molecule has 0 saturated heterocycles. The Hall–Kier alpha value is -2.35. The number of benzene rings is 2. The summed E-state index contributed by atoms with van der Waals surface area (Å²) in [5.74, 6) is 0.0520. The van der Waals surface area contributed by atoms with E-state index in [1.54, 1.807) is 0 Å². The second-order valence-electron chi connectivity index (χ2n) is 6.36. The molecule has 22 heavy (non-hydrogen) atoms. The molecular formula is C20H21NO. The number of fused-ring (bicyclic) bond motifs is 1. The highest BCUT2D eigenvalue weighted by molar-refractivity contribution is 6.09. The molecule has 1 unspecified atom stereocenters. The van der Waals surface area contributed by atoms with Crippen molar-refractivity contribution < 1.29 is 4.79 Å². The van der Waals surface area contributed by atoms with Crippen LogP contribution in [0.1, 0.15) is 35.3 Å². The van der Waals surface area contributed by atoms with Crippen LogP contribution in [0, 0.1) is 6.92 Å². The molecule has 1 aliphatic heterocycles. The first-order chi connectivity index (χ1) is 10.4. The summed E-state index contributed by atoms with van der Waals surface area (Å²) < 4.78 is 0. The van der Waals surface area contributed by atoms with Gasteiger partial charge in [0, 0.05) is 17.7 Å². The van der Waals surface area contributed by atoms with Crippen molar-refractivity contribution in [1.82, 2.24) is 0 Å². The fourth-order valence-corrected chi connectivity index (χ4v) is 3.12. The third-order valence-corrected chi connectivity index (χ3v) is 4.69. The lowest BCUT2D eigenvalue weighted by molar-refractivity contribution is 0.0953. The van der Waals surface area contributed by atoms with Crippen LogP contribution in [0.15, 0.2) is 60.7 Å². The lowest BCUT2D eigenvalue weighted by atomic mass is 9.79. The lowest BCUT2D eigenvalue weighted by Crippen LogP contribution is -2.55. The summed E-state index contributed by atoms with van der Waals surface area (Å²) in [6.07, 6.45) is 0.790. The van der Waals surface area contributed by atoms with E-state index in [1.807, 2.05) is 60.4 Å². The predicted molar refractivity (Wildman–Crippen MR) is 91.4 cm³/mol. The highest BCUT2D eigenvalue weighted by Crippen LogP contribution is 2.38. The molecule has 0 aromatic heterocycles. The molecule has 0 N–H and O–H groups in total. The maximum Gasteiger partial charge on any atom is 0.259 e. The molecule has 0 saturated carbocycles. The fourth-order valence-electron chi connectivity index (χ4n) is 3.12. The standard InChI is InChI=1S/C20H21NO/c1-14(2)20(4)13-16-7-5-6-8-18(16)19(22)21(20)17-11-9-15(3)10-12-17/h5-12H,1,13H2,2-4H3. The van der Waals surface area contributed by atoms with Crippen molar-refractivity contribution in [2.45, 2.75) is 32.7 Å². The van der Waals surface area contributed by atoms with E-state index in [1.165, 1.54) is 5.56 Å². The van der Waals surface area contributed by atoms with E-state index < -0.39 is 5.54 Å². The number of hydrogen-bond donors (Lipinski definition) is 0. The van der Waals surface area contributed by atoms with E-state index in [4.69, 9.17) is 0 Å². The molecule has 1 atom stereocenters. The topological polar surface area (TPSA) is 20.3 Å². The summed E-state index contributed by atoms with van der Waals surface area (Å²) in [5.41, 5.74) is 4.60. The second-order valence-corrected chi connectivity index (χ2v) is 6.36. The Morgan fingerprint density at radius 1 is 1.14 bits per heavy atom. The zero-order chi connectivity index (χ0) is 15.9. The number of hydrogen-bond acceptors (Lipinski definition) is 1. The normalized spacial score (nSPS) is 20.7. The second kappa shape index (κ2) is 5.13. The van der Waals surface area contributed by atoms with E-state index in [9.17, 15) is 4.79 Å². The van der Waals surface area contributed by atoms with Crippen LogP contribution in [-0.2, 0) is 6.42 Å². The average Bonchev–Trinajstić information content (AvgIpc) is 2.49. The Kier molecular flexibility index (Phi) is 3.40. The van der Waals surface area contributed by atoms with E-state index in [0.29, 0.717) is 0 Å². The lowest BCUT2D eigenvalue weighted by Gasteiger charge is -2.46. The van der Waals surface area contributed by atoms with Gasteiger partial charge in [-0.3, -0.25) is 9.69 Å². The summed E-state index contributed by atoms with van der Waals surface area (Å²) in [4.78, 5) is 15.0. The van der Waals surface area contributed by atoms with E-state index >= 15 is 0 Å². The van der Waals surface area contributed by atoms with Crippen molar-refractivity contribution in [3.8, 4) is 0 Å². The molecule has 0 radical (unpaired) electrons. The Morgan fingerprint density at radius 2 is 1.77 bits per heavy atom. The maximum absolute atomic E-state index is 13.1. The monoisotopic (exact) mass is 291 g/mol. The fraction of sp³-hybridized carbons (Fsp3) is 0.250. The van der Waals surface area contributed by atoms with Crippen LogP contribution in [0.4, 0.5) is 5.69 Å². The molecular weight excluding hydrogens is 270 g/mol. The summed E-state index contributed by atoms with van der Waals surface area (Å²) in [5, 5.41) is 0. The largest absolute Gasteiger partial charge is 0.298 e. The highest BCUT2D eigenvalue weighted by Gasteiger charge is 2.42. The van der Waals surface area contributed by atoms with Crippen LogP contribution in [0.5, 0.6) is 0 Å². The molecule has 1 heterocycles. The van der Waals surface area contributed by atoms with Crippen molar-refractivity contribution in [2.24, 2.45) is 0 Å². The van der Waals surface area contributed by atoms with Crippen molar-refractivity contribution in [3.05, 3.63) is 77.4 Å². The summed E-state index contributed by atoms with van der Waals surface area (Å²) in [7, 11) is 0. The van der Waals surface area contributed by atoms with Crippen molar-refractivity contribution in [2.75, 3.05) is 4.90 Å². The Bertz CT molecular complexity index is 745. The van der Waals surface area contributed by atoms with Crippen LogP contribution in [0.2, 0.25) is 0 Å². The summed E-state index contributed by atoms with van der Waals surface area (Å²) in [6.45, 7) is 10.3. The smallest absolute Gasteiger partial charge is 0.259 e. The van der Waals surface area contributed by atoms with Gasteiger partial charge in [0.25, 0.3) is 5.91 Å². The molecule has 0 aliphatic carbocycles. The maximum atomic E-state index is 13.1. The average molecular weight is 291 g/mol. The Morgan fingerprint density at radius 3 is 2.41 bits per heavy atom. The molecule has 2 aromatic rings. The number of carbonyl (C=O) groups is 1. The van der Waals surface area contributed by atoms with Crippen LogP contribution in [0.25, 0.3) is 0 Å². The van der Waals surface area contributed by atoms with Crippen molar-refractivity contribution in [1.29, 1.82) is 0 Å². The third-order valence-electron chi connectivity index (χ3n) is 4.69. The van der Waals surface area contributed by atoms with Crippen LogP contribution in [0.3, 0.4) is 0 Å². The first kappa shape index (κ1) is 14.6. The van der Waals surface area contributed by atoms with Crippen LogP contribution in [-0.4, -0.2) is 11.4 Å². The number of aryl methyl sites for hydroxylation is 1. The van der Waals surface area contributed by atoms with Gasteiger partial charge in [-0.1, -0.05) is 48.0 Å². The third kappa shape index (κ3) is 2.16. The van der Waals surface area contributed by atoms with Gasteiger partial charge in [0.15, 0.2) is 0 Å². The number of nitrogens with zero attached hydrogens (tertiary/aromatic N) is 1. The summed E-state index contributed by atoms with van der Waals surface area (Å²) in [6, 6.07) is 16.0. The zero-order valence-electron chi connectivity index (χ0n) is 13.4. The van der Waals surface area contributed by atoms with Crippen LogP contribution >= 0.6 is 0 Å². The minimum absolute atomic E-state index is 0.0520. The number of amides is 1. The Balaban J connectivity index is 2.19. The highest BCUT2D eigenvalue weighted by atomic mass is 16.2. The van der Waals surface area contributed by atoms with Crippen LogP contribution < -0.4 is 4.90 Å². The molecule has 2 aromatic carbocycles. The minimum atomic E-state index is -0.402. The number of anilines is 1. The van der Waals surface area contributed by atoms with Gasteiger partial charge in [-0.2, -0.15) is 0 Å². The Labute approximate surface area is 132 Å². The minimum Gasteiger partial charge on any atom is -0.298 e. The molecule has 0 fully saturated rings. The molecule has 0 bridgehead atoms. The van der Waals surface area contributed by atoms with E-state index in [-0.39, 0.29) is 5.91 Å². The number of carbonyl (C=O) groups excluding carboxylic acids is 1. The van der Waals surface area contributed by atoms with Gasteiger partial charge in [0.05, 0.1) is 5.54 Å². The van der Waals surface area contributed by atoms with Gasteiger partial charge in [-0.15, -0.1) is 0 Å². The van der Waals surface area contributed by atoms with Gasteiger partial charge in [0.1, 0.15) is 0 Å². The molecule has 112 valence electrons. The zero-order valence-corrected chi connectivity index (χ0v) is 13.4. The quantitative estimate of drug-likeness (QED) is 0.744. The van der Waals surface area contributed by atoms with E-state index in [0.717, 1.165) is 28.8 Å². The van der Waals surface area contributed by atoms with Gasteiger partial charge in [0.2, 0.25) is 0 Å². The van der Waals surface area contributed by atoms with Crippen molar-refractivity contribution >= 4 is 11.6 Å². The van der Waals surface area contributed by atoms with E-state index in [2.05, 4.69) is 20.4 Å². The van der Waals surface area contributed by atoms with Gasteiger partial charge >= 0.3 is 0 Å². The number of rotatable bonds is 2. The molecule has 1 amide bonds. The first-order valence-electron chi connectivity index (χ1n) is 7.58. The molecule has 1 aliphatic rings. The molecule has 2 heteroatoms.